The number of sulfonamides is 1. The number of anilines is 1. The zero-order chi connectivity index (χ0) is 15.6. The van der Waals surface area contributed by atoms with E-state index in [1.54, 1.807) is 6.07 Å². The summed E-state index contributed by atoms with van der Waals surface area (Å²) in [6.45, 7) is 1.81. The van der Waals surface area contributed by atoms with Crippen molar-refractivity contribution in [3.8, 4) is 6.07 Å². The molecule has 0 fully saturated rings. The van der Waals surface area contributed by atoms with Crippen molar-refractivity contribution >= 4 is 43.4 Å². The van der Waals surface area contributed by atoms with Gasteiger partial charge in [0.2, 0.25) is 0 Å². The van der Waals surface area contributed by atoms with Crippen molar-refractivity contribution in [1.82, 2.24) is 4.98 Å². The third-order valence-corrected chi connectivity index (χ3v) is 5.30. The zero-order valence-corrected chi connectivity index (χ0v) is 13.9. The van der Waals surface area contributed by atoms with Crippen LogP contribution in [-0.2, 0) is 10.0 Å². The van der Waals surface area contributed by atoms with Gasteiger partial charge < -0.3 is 0 Å². The lowest BCUT2D eigenvalue weighted by molar-refractivity contribution is 0.601. The summed E-state index contributed by atoms with van der Waals surface area (Å²) < 4.78 is 27.8. The molecule has 0 bridgehead atoms. The second-order valence-corrected chi connectivity index (χ2v) is 7.09. The van der Waals surface area contributed by atoms with Crippen molar-refractivity contribution in [1.29, 1.82) is 5.26 Å². The van der Waals surface area contributed by atoms with E-state index in [2.05, 4.69) is 25.6 Å². The van der Waals surface area contributed by atoms with Gasteiger partial charge in [-0.05, 0) is 52.7 Å². The van der Waals surface area contributed by atoms with E-state index in [-0.39, 0.29) is 21.3 Å². The lowest BCUT2D eigenvalue weighted by atomic mass is 10.2. The molecular weight excluding hydrogens is 378 g/mol. The molecule has 0 aliphatic heterocycles. The maximum atomic E-state index is 12.3. The molecule has 0 spiro atoms. The number of hydrogen-bond acceptors (Lipinski definition) is 4. The van der Waals surface area contributed by atoms with Crippen molar-refractivity contribution in [3.63, 3.8) is 0 Å². The molecule has 0 saturated carbocycles. The second-order valence-electron chi connectivity index (χ2n) is 4.18. The molecule has 0 unspecified atom stereocenters. The van der Waals surface area contributed by atoms with E-state index < -0.39 is 10.0 Å². The van der Waals surface area contributed by atoms with Crippen LogP contribution in [0.4, 0.5) is 5.82 Å². The minimum atomic E-state index is -3.92. The molecular formula is C13H9BrClN3O2S. The first kappa shape index (κ1) is 15.8. The molecule has 0 aliphatic rings. The van der Waals surface area contributed by atoms with Crippen molar-refractivity contribution in [2.45, 2.75) is 11.8 Å². The quantitative estimate of drug-likeness (QED) is 0.875. The summed E-state index contributed by atoms with van der Waals surface area (Å²) in [5, 5.41) is 8.89. The highest BCUT2D eigenvalue weighted by Crippen LogP contribution is 2.25. The average Bonchev–Trinajstić information content (AvgIpc) is 2.43. The van der Waals surface area contributed by atoms with Gasteiger partial charge in [0.15, 0.2) is 0 Å². The first-order chi connectivity index (χ1) is 9.83. The number of halogens is 2. The fourth-order valence-corrected chi connectivity index (χ4v) is 3.31. The van der Waals surface area contributed by atoms with Gasteiger partial charge in [0.05, 0.1) is 16.7 Å². The predicted molar refractivity (Wildman–Crippen MR) is 83.6 cm³/mol. The molecule has 0 aliphatic carbocycles. The number of aromatic nitrogens is 1. The number of nitrogens with one attached hydrogen (secondary N) is 1. The molecule has 8 heteroatoms. The van der Waals surface area contributed by atoms with Crippen LogP contribution in [0.2, 0.25) is 5.02 Å². The molecule has 5 nitrogen and oxygen atoms in total. The summed E-state index contributed by atoms with van der Waals surface area (Å²) in [5.74, 6) is 0.175. The molecule has 1 aromatic heterocycles. The standard InChI is InChI=1S/C13H9BrClN3O2S/c1-8-4-13(17-7-10(8)14)18-21(19,20)12-5-9(6-16)2-3-11(12)15/h2-5,7H,1H3,(H,17,18). The number of nitrogens with zero attached hydrogens (tertiary/aromatic N) is 2. The van der Waals surface area contributed by atoms with E-state index >= 15 is 0 Å². The molecule has 0 amide bonds. The lowest BCUT2D eigenvalue weighted by Gasteiger charge is -2.10. The Balaban J connectivity index is 2.43. The van der Waals surface area contributed by atoms with Crippen LogP contribution < -0.4 is 4.72 Å². The second kappa shape index (κ2) is 6.02. The third-order valence-electron chi connectivity index (χ3n) is 2.64. The van der Waals surface area contributed by atoms with Gasteiger partial charge in [0, 0.05) is 10.7 Å². The van der Waals surface area contributed by atoms with Gasteiger partial charge in [-0.2, -0.15) is 5.26 Å². The number of nitriles is 1. The number of benzene rings is 1. The van der Waals surface area contributed by atoms with Crippen LogP contribution in [0.15, 0.2) is 39.8 Å². The topological polar surface area (TPSA) is 82.9 Å². The Morgan fingerprint density at radius 1 is 1.38 bits per heavy atom. The van der Waals surface area contributed by atoms with Crippen molar-refractivity contribution in [2.75, 3.05) is 4.72 Å². The number of aryl methyl sites for hydroxylation is 1. The van der Waals surface area contributed by atoms with E-state index in [1.807, 2.05) is 13.0 Å². The third kappa shape index (κ3) is 3.53. The Morgan fingerprint density at radius 2 is 2.10 bits per heavy atom. The van der Waals surface area contributed by atoms with Crippen LogP contribution in [0.25, 0.3) is 0 Å². The van der Waals surface area contributed by atoms with E-state index in [9.17, 15) is 8.42 Å². The Kier molecular flexibility index (Phi) is 4.52. The van der Waals surface area contributed by atoms with Crippen LogP contribution in [0, 0.1) is 18.3 Å². The first-order valence-corrected chi connectivity index (χ1v) is 8.33. The van der Waals surface area contributed by atoms with Gasteiger partial charge in [0.25, 0.3) is 10.0 Å². The van der Waals surface area contributed by atoms with Gasteiger partial charge in [0.1, 0.15) is 10.7 Å². The van der Waals surface area contributed by atoms with Crippen LogP contribution in [0.5, 0.6) is 0 Å². The van der Waals surface area contributed by atoms with Gasteiger partial charge in [-0.25, -0.2) is 13.4 Å². The SMILES string of the molecule is Cc1cc(NS(=O)(=O)c2cc(C#N)ccc2Cl)ncc1Br. The molecule has 0 saturated heterocycles. The maximum absolute atomic E-state index is 12.3. The molecule has 21 heavy (non-hydrogen) atoms. The Hall–Kier alpha value is -1.62. The van der Waals surface area contributed by atoms with Gasteiger partial charge >= 0.3 is 0 Å². The summed E-state index contributed by atoms with van der Waals surface area (Å²) in [5.41, 5.74) is 1.04. The van der Waals surface area contributed by atoms with E-state index in [4.69, 9.17) is 16.9 Å². The van der Waals surface area contributed by atoms with Gasteiger partial charge in [-0.1, -0.05) is 11.6 Å². The fourth-order valence-electron chi connectivity index (χ4n) is 1.57. The van der Waals surface area contributed by atoms with E-state index in [0.29, 0.717) is 0 Å². The van der Waals surface area contributed by atoms with Crippen molar-refractivity contribution < 1.29 is 8.42 Å². The predicted octanol–water partition coefficient (Wildman–Crippen LogP) is 3.48. The summed E-state index contributed by atoms with van der Waals surface area (Å²) in [6, 6.07) is 7.50. The zero-order valence-electron chi connectivity index (χ0n) is 10.8. The maximum Gasteiger partial charge on any atom is 0.264 e. The summed E-state index contributed by atoms with van der Waals surface area (Å²) >= 11 is 9.19. The van der Waals surface area contributed by atoms with E-state index in [1.165, 1.54) is 24.4 Å². The smallest absolute Gasteiger partial charge is 0.263 e. The Labute approximate surface area is 135 Å². The minimum Gasteiger partial charge on any atom is -0.263 e. The molecule has 108 valence electrons. The largest absolute Gasteiger partial charge is 0.264 e. The molecule has 2 rings (SSSR count). The highest BCUT2D eigenvalue weighted by molar-refractivity contribution is 9.10. The number of hydrogen-bond donors (Lipinski definition) is 1. The number of pyridine rings is 1. The summed E-state index contributed by atoms with van der Waals surface area (Å²) in [7, 11) is -3.92. The molecule has 2 aromatic rings. The normalized spacial score (nSPS) is 11.0. The summed E-state index contributed by atoms with van der Waals surface area (Å²) in [4.78, 5) is 3.82. The minimum absolute atomic E-state index is 0.0373. The molecule has 0 radical (unpaired) electrons. The van der Waals surface area contributed by atoms with Crippen molar-refractivity contribution in [2.24, 2.45) is 0 Å². The molecule has 0 atom stereocenters. The fraction of sp³-hybridized carbons (Fsp3) is 0.0769. The Bertz CT molecular complexity index is 847. The van der Waals surface area contributed by atoms with Crippen molar-refractivity contribution in [3.05, 3.63) is 51.1 Å². The van der Waals surface area contributed by atoms with Crippen LogP contribution >= 0.6 is 27.5 Å². The molecule has 1 aromatic carbocycles. The molecule has 1 N–H and O–H groups in total. The van der Waals surface area contributed by atoms with E-state index in [0.717, 1.165) is 10.0 Å². The Morgan fingerprint density at radius 3 is 2.71 bits per heavy atom. The highest BCUT2D eigenvalue weighted by Gasteiger charge is 2.19. The summed E-state index contributed by atoms with van der Waals surface area (Å²) in [6.07, 6.45) is 1.50. The van der Waals surface area contributed by atoms with Gasteiger partial charge in [-0.15, -0.1) is 0 Å². The lowest BCUT2D eigenvalue weighted by Crippen LogP contribution is -2.14. The van der Waals surface area contributed by atoms with Crippen LogP contribution in [0.3, 0.4) is 0 Å². The van der Waals surface area contributed by atoms with Gasteiger partial charge in [-0.3, -0.25) is 4.72 Å². The first-order valence-electron chi connectivity index (χ1n) is 5.68. The number of rotatable bonds is 3. The molecule has 1 heterocycles. The average molecular weight is 387 g/mol. The van der Waals surface area contributed by atoms with Crippen LogP contribution in [0.1, 0.15) is 11.1 Å². The van der Waals surface area contributed by atoms with Crippen LogP contribution in [-0.4, -0.2) is 13.4 Å². The monoisotopic (exact) mass is 385 g/mol. The highest BCUT2D eigenvalue weighted by atomic mass is 79.9.